The Bertz CT molecular complexity index is 655. The van der Waals surface area contributed by atoms with Crippen LogP contribution >= 0.6 is 23.2 Å². The molecule has 2 aromatic rings. The Hall–Kier alpha value is -1.83. The van der Waals surface area contributed by atoms with Crippen LogP contribution in [-0.2, 0) is 0 Å². The molecule has 0 radical (unpaired) electrons. The van der Waals surface area contributed by atoms with Gasteiger partial charge in [-0.15, -0.1) is 0 Å². The summed E-state index contributed by atoms with van der Waals surface area (Å²) in [6, 6.07) is 9.80. The van der Waals surface area contributed by atoms with E-state index in [0.717, 1.165) is 0 Å². The summed E-state index contributed by atoms with van der Waals surface area (Å²) < 4.78 is 0. The summed E-state index contributed by atoms with van der Waals surface area (Å²) >= 11 is 11.9. The molecule has 1 atom stereocenters. The van der Waals surface area contributed by atoms with Crippen LogP contribution in [0, 0.1) is 11.3 Å². The Morgan fingerprint density at radius 1 is 1.28 bits per heavy atom. The van der Waals surface area contributed by atoms with E-state index in [1.807, 2.05) is 0 Å². The van der Waals surface area contributed by atoms with Crippen LogP contribution in [0.5, 0.6) is 0 Å². The van der Waals surface area contributed by atoms with Crippen LogP contribution in [0.4, 0.5) is 0 Å². The molecule has 1 N–H and O–H groups in total. The number of hydrogen-bond donors (Lipinski definition) is 1. The summed E-state index contributed by atoms with van der Waals surface area (Å²) in [7, 11) is 0. The van der Waals surface area contributed by atoms with Gasteiger partial charge < -0.3 is 0 Å². The summed E-state index contributed by atoms with van der Waals surface area (Å²) in [4.78, 5) is 10.9. The maximum Gasteiger partial charge on any atom is 0.264 e. The van der Waals surface area contributed by atoms with E-state index in [2.05, 4.69) is 16.3 Å². The lowest BCUT2D eigenvalue weighted by Gasteiger charge is -2.10. The Morgan fingerprint density at radius 3 is 2.61 bits per heavy atom. The monoisotopic (exact) mass is 279 g/mol. The number of aromatic amines is 1. The van der Waals surface area contributed by atoms with Crippen molar-refractivity contribution < 1.29 is 0 Å². The van der Waals surface area contributed by atoms with Crippen LogP contribution < -0.4 is 5.56 Å². The van der Waals surface area contributed by atoms with E-state index < -0.39 is 5.92 Å². The molecule has 90 valence electrons. The zero-order valence-corrected chi connectivity index (χ0v) is 10.5. The summed E-state index contributed by atoms with van der Waals surface area (Å²) in [6.07, 6.45) is 0. The molecule has 0 bridgehead atoms. The first-order chi connectivity index (χ1) is 8.61. The van der Waals surface area contributed by atoms with Gasteiger partial charge in [-0.2, -0.15) is 10.4 Å². The smallest absolute Gasteiger partial charge is 0.264 e. The zero-order chi connectivity index (χ0) is 13.1. The molecule has 0 spiro atoms. The number of rotatable bonds is 2. The molecule has 0 aliphatic rings. The molecule has 4 nitrogen and oxygen atoms in total. The number of nitrogens with one attached hydrogen (secondary N) is 1. The Morgan fingerprint density at radius 2 is 2.06 bits per heavy atom. The number of benzene rings is 1. The molecule has 0 amide bonds. The van der Waals surface area contributed by atoms with E-state index in [4.69, 9.17) is 23.2 Å². The first-order valence-corrected chi connectivity index (χ1v) is 5.77. The van der Waals surface area contributed by atoms with Crippen molar-refractivity contribution in [3.8, 4) is 6.07 Å². The second kappa shape index (κ2) is 5.21. The maximum atomic E-state index is 10.9. The fourth-order valence-corrected chi connectivity index (χ4v) is 2.06. The van der Waals surface area contributed by atoms with Gasteiger partial charge in [0.1, 0.15) is 5.92 Å². The van der Waals surface area contributed by atoms with Gasteiger partial charge in [0.2, 0.25) is 0 Å². The van der Waals surface area contributed by atoms with Crippen molar-refractivity contribution in [2.45, 2.75) is 5.92 Å². The Kier molecular flexibility index (Phi) is 3.66. The van der Waals surface area contributed by atoms with Gasteiger partial charge in [0.15, 0.2) is 0 Å². The van der Waals surface area contributed by atoms with Crippen LogP contribution in [0.25, 0.3) is 0 Å². The van der Waals surface area contributed by atoms with E-state index in [1.165, 1.54) is 12.1 Å². The minimum Gasteiger partial charge on any atom is -0.268 e. The molecule has 2 rings (SSSR count). The molecule has 0 aliphatic carbocycles. The second-order valence-corrected chi connectivity index (χ2v) is 4.42. The highest BCUT2D eigenvalue weighted by molar-refractivity contribution is 6.35. The molecule has 0 saturated carbocycles. The van der Waals surface area contributed by atoms with Gasteiger partial charge in [-0.3, -0.25) is 4.79 Å². The van der Waals surface area contributed by atoms with Crippen molar-refractivity contribution >= 4 is 23.2 Å². The molecule has 0 aliphatic heterocycles. The summed E-state index contributed by atoms with van der Waals surface area (Å²) in [5, 5.41) is 16.2. The fourth-order valence-electron chi connectivity index (χ4n) is 1.55. The van der Waals surface area contributed by atoms with Crippen molar-refractivity contribution in [3.05, 3.63) is 62.0 Å². The van der Waals surface area contributed by atoms with E-state index in [0.29, 0.717) is 21.3 Å². The maximum absolute atomic E-state index is 10.9. The van der Waals surface area contributed by atoms with Gasteiger partial charge >= 0.3 is 0 Å². The van der Waals surface area contributed by atoms with Crippen molar-refractivity contribution in [1.29, 1.82) is 5.26 Å². The van der Waals surface area contributed by atoms with Gasteiger partial charge in [-0.1, -0.05) is 29.3 Å². The normalized spacial score (nSPS) is 11.8. The third-order valence-corrected chi connectivity index (χ3v) is 2.96. The van der Waals surface area contributed by atoms with E-state index in [1.54, 1.807) is 18.2 Å². The van der Waals surface area contributed by atoms with Crippen LogP contribution in [-0.4, -0.2) is 10.2 Å². The molecule has 1 heterocycles. The lowest BCUT2D eigenvalue weighted by atomic mass is 9.97. The van der Waals surface area contributed by atoms with Gasteiger partial charge in [-0.25, -0.2) is 5.10 Å². The first-order valence-electron chi connectivity index (χ1n) is 5.02. The first kappa shape index (κ1) is 12.6. The minimum atomic E-state index is -0.647. The number of aromatic nitrogens is 2. The number of halogens is 2. The van der Waals surface area contributed by atoms with Crippen molar-refractivity contribution in [2.75, 3.05) is 0 Å². The quantitative estimate of drug-likeness (QED) is 0.919. The topological polar surface area (TPSA) is 69.5 Å². The predicted molar refractivity (Wildman–Crippen MR) is 68.8 cm³/mol. The minimum absolute atomic E-state index is 0.322. The molecular weight excluding hydrogens is 273 g/mol. The van der Waals surface area contributed by atoms with Gasteiger partial charge in [0, 0.05) is 16.1 Å². The third kappa shape index (κ3) is 2.53. The summed E-state index contributed by atoms with van der Waals surface area (Å²) in [6.45, 7) is 0. The number of H-pyrrole nitrogens is 1. The SMILES string of the molecule is N#C[C@@H](c1ccc(=O)[nH]n1)c1ccc(Cl)cc1Cl. The molecule has 18 heavy (non-hydrogen) atoms. The van der Waals surface area contributed by atoms with Crippen molar-refractivity contribution in [3.63, 3.8) is 0 Å². The van der Waals surface area contributed by atoms with Crippen molar-refractivity contribution in [2.24, 2.45) is 0 Å². The lowest BCUT2D eigenvalue weighted by Crippen LogP contribution is -2.10. The van der Waals surface area contributed by atoms with Crippen LogP contribution in [0.1, 0.15) is 17.2 Å². The summed E-state index contributed by atoms with van der Waals surface area (Å²) in [5.41, 5.74) is 0.710. The number of nitriles is 1. The van der Waals surface area contributed by atoms with E-state index in [-0.39, 0.29) is 5.56 Å². The fraction of sp³-hybridized carbons (Fsp3) is 0.0833. The highest BCUT2D eigenvalue weighted by atomic mass is 35.5. The van der Waals surface area contributed by atoms with E-state index >= 15 is 0 Å². The van der Waals surface area contributed by atoms with E-state index in [9.17, 15) is 10.1 Å². The predicted octanol–water partition coefficient (Wildman–Crippen LogP) is 2.73. The van der Waals surface area contributed by atoms with Crippen LogP contribution in [0.3, 0.4) is 0 Å². The Labute approximate surface area is 113 Å². The molecule has 1 aromatic carbocycles. The standard InChI is InChI=1S/C12H7Cl2N3O/c13-7-1-2-8(10(14)5-7)9(6-15)11-3-4-12(18)17-16-11/h1-5,9H,(H,17,18)/t9-/m1/s1. The van der Waals surface area contributed by atoms with Crippen molar-refractivity contribution in [1.82, 2.24) is 10.2 Å². The van der Waals surface area contributed by atoms with Gasteiger partial charge in [-0.05, 0) is 23.8 Å². The highest BCUT2D eigenvalue weighted by Gasteiger charge is 2.18. The average Bonchev–Trinajstić information content (AvgIpc) is 2.35. The lowest BCUT2D eigenvalue weighted by molar-refractivity contribution is 0.867. The average molecular weight is 280 g/mol. The van der Waals surface area contributed by atoms with Gasteiger partial charge in [0.25, 0.3) is 5.56 Å². The number of hydrogen-bond acceptors (Lipinski definition) is 3. The third-order valence-electron chi connectivity index (χ3n) is 2.40. The number of nitrogens with zero attached hydrogens (tertiary/aromatic N) is 2. The van der Waals surface area contributed by atoms with Crippen LogP contribution in [0.15, 0.2) is 35.1 Å². The highest BCUT2D eigenvalue weighted by Crippen LogP contribution is 2.30. The largest absolute Gasteiger partial charge is 0.268 e. The molecule has 0 saturated heterocycles. The molecule has 6 heteroatoms. The molecule has 0 fully saturated rings. The Balaban J connectivity index is 2.49. The zero-order valence-electron chi connectivity index (χ0n) is 9.02. The molecule has 1 aromatic heterocycles. The van der Waals surface area contributed by atoms with Gasteiger partial charge in [0.05, 0.1) is 11.8 Å². The summed E-state index contributed by atoms with van der Waals surface area (Å²) in [5.74, 6) is -0.647. The second-order valence-electron chi connectivity index (χ2n) is 3.57. The molecular formula is C12H7Cl2N3O. The molecule has 0 unspecified atom stereocenters. The van der Waals surface area contributed by atoms with Crippen LogP contribution in [0.2, 0.25) is 10.0 Å².